The molecule has 0 radical (unpaired) electrons. The minimum absolute atomic E-state index is 0.182. The zero-order valence-electron chi connectivity index (χ0n) is 11.2. The van der Waals surface area contributed by atoms with Gasteiger partial charge in [0.05, 0.1) is 18.4 Å². The topological polar surface area (TPSA) is 28.2 Å². The van der Waals surface area contributed by atoms with E-state index in [0.717, 1.165) is 11.3 Å². The van der Waals surface area contributed by atoms with Crippen LogP contribution in [0.25, 0.3) is 0 Å². The molecular weight excluding hydrogens is 291 g/mol. The summed E-state index contributed by atoms with van der Waals surface area (Å²) in [6, 6.07) is 2.08. The molecule has 0 saturated carbocycles. The average Bonchev–Trinajstić information content (AvgIpc) is 2.35. The molecule has 0 bridgehead atoms. The van der Waals surface area contributed by atoms with Crippen molar-refractivity contribution < 1.29 is 13.2 Å². The van der Waals surface area contributed by atoms with E-state index in [1.165, 1.54) is 4.90 Å². The van der Waals surface area contributed by atoms with Crippen LogP contribution in [0.4, 0.5) is 18.9 Å². The normalized spacial score (nSPS) is 18.2. The van der Waals surface area contributed by atoms with E-state index in [4.69, 9.17) is 11.6 Å². The summed E-state index contributed by atoms with van der Waals surface area (Å²) in [6.45, 7) is 1.96. The van der Waals surface area contributed by atoms with Crippen molar-refractivity contribution in [3.8, 4) is 0 Å². The van der Waals surface area contributed by atoms with Crippen molar-refractivity contribution in [2.75, 3.05) is 25.0 Å². The Morgan fingerprint density at radius 3 is 2.60 bits per heavy atom. The van der Waals surface area contributed by atoms with Gasteiger partial charge in [0, 0.05) is 19.1 Å². The summed E-state index contributed by atoms with van der Waals surface area (Å²) in [5.41, 5.74) is 1.74. The van der Waals surface area contributed by atoms with E-state index >= 15 is 0 Å². The Hall–Kier alpha value is -1.01. The van der Waals surface area contributed by atoms with Gasteiger partial charge >= 0.3 is 6.18 Å². The third-order valence-corrected chi connectivity index (χ3v) is 3.77. The number of pyridine rings is 1. The fourth-order valence-corrected chi connectivity index (χ4v) is 2.47. The molecule has 112 valence electrons. The second kappa shape index (κ2) is 6.18. The summed E-state index contributed by atoms with van der Waals surface area (Å²) in [7, 11) is 0. The first-order valence-corrected chi connectivity index (χ1v) is 6.89. The molecule has 1 aromatic heterocycles. The van der Waals surface area contributed by atoms with Crippen molar-refractivity contribution in [2.24, 2.45) is 0 Å². The van der Waals surface area contributed by atoms with Crippen LogP contribution in [-0.4, -0.2) is 41.7 Å². The number of halogens is 4. The number of nitrogens with one attached hydrogen (secondary N) is 1. The van der Waals surface area contributed by atoms with E-state index in [1.807, 2.05) is 13.0 Å². The zero-order valence-corrected chi connectivity index (χ0v) is 11.9. The number of hydrogen-bond donors (Lipinski definition) is 1. The van der Waals surface area contributed by atoms with Gasteiger partial charge < -0.3 is 5.32 Å². The van der Waals surface area contributed by atoms with Crippen molar-refractivity contribution in [3.05, 3.63) is 23.0 Å². The minimum Gasteiger partial charge on any atom is -0.381 e. The minimum atomic E-state index is -4.11. The van der Waals surface area contributed by atoms with Gasteiger partial charge in [-0.3, -0.25) is 4.90 Å². The summed E-state index contributed by atoms with van der Waals surface area (Å²) in [5.74, 6) is 0. The first-order valence-electron chi connectivity index (χ1n) is 6.51. The molecule has 1 aliphatic heterocycles. The summed E-state index contributed by atoms with van der Waals surface area (Å²) in [6.07, 6.45) is -1.08. The Kier molecular flexibility index (Phi) is 4.75. The van der Waals surface area contributed by atoms with Gasteiger partial charge in [0.25, 0.3) is 0 Å². The molecule has 0 amide bonds. The maximum Gasteiger partial charge on any atom is 0.401 e. The number of alkyl halides is 3. The van der Waals surface area contributed by atoms with Crippen LogP contribution in [-0.2, 0) is 0 Å². The molecule has 0 aromatic carbocycles. The molecule has 1 aliphatic rings. The molecule has 1 fully saturated rings. The number of likely N-dealkylation sites (tertiary alicyclic amines) is 1. The lowest BCUT2D eigenvalue weighted by Gasteiger charge is -2.33. The number of nitrogens with zero attached hydrogens (tertiary/aromatic N) is 2. The molecule has 0 atom stereocenters. The summed E-state index contributed by atoms with van der Waals surface area (Å²) < 4.78 is 36.9. The predicted molar refractivity (Wildman–Crippen MR) is 73.1 cm³/mol. The number of piperidine rings is 1. The highest BCUT2D eigenvalue weighted by Crippen LogP contribution is 2.22. The van der Waals surface area contributed by atoms with Gasteiger partial charge in [0.15, 0.2) is 0 Å². The molecule has 0 aliphatic carbocycles. The molecule has 1 aromatic rings. The van der Waals surface area contributed by atoms with E-state index in [9.17, 15) is 13.2 Å². The van der Waals surface area contributed by atoms with Gasteiger partial charge in [-0.2, -0.15) is 13.2 Å². The van der Waals surface area contributed by atoms with Gasteiger partial charge in [-0.1, -0.05) is 11.6 Å². The lowest BCUT2D eigenvalue weighted by atomic mass is 10.0. The van der Waals surface area contributed by atoms with Gasteiger partial charge in [-0.25, -0.2) is 4.98 Å². The molecule has 0 spiro atoms. The number of hydrogen-bond acceptors (Lipinski definition) is 3. The molecular formula is C13H17ClF3N3. The number of aromatic nitrogens is 1. The Morgan fingerprint density at radius 1 is 1.40 bits per heavy atom. The number of aryl methyl sites for hydroxylation is 1. The zero-order chi connectivity index (χ0) is 14.8. The van der Waals surface area contributed by atoms with Crippen LogP contribution < -0.4 is 5.32 Å². The SMILES string of the molecule is Cc1cc(NC2CCN(CC(F)(F)F)CC2)cnc1Cl. The van der Waals surface area contributed by atoms with Gasteiger partial charge in [0.1, 0.15) is 5.15 Å². The van der Waals surface area contributed by atoms with Crippen LogP contribution in [0.15, 0.2) is 12.3 Å². The first kappa shape index (κ1) is 15.4. The monoisotopic (exact) mass is 307 g/mol. The molecule has 2 heterocycles. The quantitative estimate of drug-likeness (QED) is 0.867. The molecule has 3 nitrogen and oxygen atoms in total. The van der Waals surface area contributed by atoms with Crippen LogP contribution in [0.5, 0.6) is 0 Å². The first-order chi connectivity index (χ1) is 9.33. The summed E-state index contributed by atoms with van der Waals surface area (Å²) >= 11 is 5.85. The second-order valence-electron chi connectivity index (χ2n) is 5.14. The Labute approximate surface area is 121 Å². The van der Waals surface area contributed by atoms with E-state index in [-0.39, 0.29) is 6.04 Å². The maximum atomic E-state index is 12.3. The smallest absolute Gasteiger partial charge is 0.381 e. The lowest BCUT2D eigenvalue weighted by Crippen LogP contribution is -2.43. The standard InChI is InChI=1S/C13H17ClF3N3/c1-9-6-11(7-18-12(9)14)19-10-2-4-20(5-3-10)8-13(15,16)17/h6-7,10,19H,2-5,8H2,1H3. The van der Waals surface area contributed by atoms with Crippen molar-refractivity contribution in [1.82, 2.24) is 9.88 Å². The second-order valence-corrected chi connectivity index (χ2v) is 5.50. The van der Waals surface area contributed by atoms with E-state index in [1.54, 1.807) is 6.20 Å². The largest absolute Gasteiger partial charge is 0.401 e. The van der Waals surface area contributed by atoms with Gasteiger partial charge in [-0.05, 0) is 31.4 Å². The summed E-state index contributed by atoms with van der Waals surface area (Å²) in [4.78, 5) is 5.50. The fraction of sp³-hybridized carbons (Fsp3) is 0.615. The van der Waals surface area contributed by atoms with Crippen LogP contribution in [0.1, 0.15) is 18.4 Å². The molecule has 0 unspecified atom stereocenters. The van der Waals surface area contributed by atoms with E-state index in [0.29, 0.717) is 31.1 Å². The Bertz CT molecular complexity index is 457. The number of anilines is 1. The Morgan fingerprint density at radius 2 is 2.05 bits per heavy atom. The highest BCUT2D eigenvalue weighted by Gasteiger charge is 2.32. The fourth-order valence-electron chi connectivity index (χ4n) is 2.36. The average molecular weight is 308 g/mol. The predicted octanol–water partition coefficient (Wildman–Crippen LogP) is 3.48. The van der Waals surface area contributed by atoms with Crippen molar-refractivity contribution in [1.29, 1.82) is 0 Å². The highest BCUT2D eigenvalue weighted by atomic mass is 35.5. The molecule has 1 saturated heterocycles. The van der Waals surface area contributed by atoms with Crippen LogP contribution in [0.2, 0.25) is 5.15 Å². The van der Waals surface area contributed by atoms with E-state index < -0.39 is 12.7 Å². The highest BCUT2D eigenvalue weighted by molar-refractivity contribution is 6.30. The van der Waals surface area contributed by atoms with E-state index in [2.05, 4.69) is 10.3 Å². The van der Waals surface area contributed by atoms with Crippen molar-refractivity contribution >= 4 is 17.3 Å². The lowest BCUT2D eigenvalue weighted by molar-refractivity contribution is -0.147. The van der Waals surface area contributed by atoms with Gasteiger partial charge in [-0.15, -0.1) is 0 Å². The summed E-state index contributed by atoms with van der Waals surface area (Å²) in [5, 5.41) is 3.77. The van der Waals surface area contributed by atoms with Gasteiger partial charge in [0.2, 0.25) is 0 Å². The van der Waals surface area contributed by atoms with Crippen LogP contribution in [0, 0.1) is 6.92 Å². The van der Waals surface area contributed by atoms with Crippen LogP contribution >= 0.6 is 11.6 Å². The molecule has 7 heteroatoms. The Balaban J connectivity index is 1.83. The third-order valence-electron chi connectivity index (χ3n) is 3.38. The van der Waals surface area contributed by atoms with Crippen molar-refractivity contribution in [2.45, 2.75) is 32.0 Å². The number of rotatable bonds is 3. The van der Waals surface area contributed by atoms with Crippen LogP contribution in [0.3, 0.4) is 0 Å². The van der Waals surface area contributed by atoms with Crippen molar-refractivity contribution in [3.63, 3.8) is 0 Å². The molecule has 1 N–H and O–H groups in total. The third kappa shape index (κ3) is 4.52. The maximum absolute atomic E-state index is 12.3. The molecule has 20 heavy (non-hydrogen) atoms. The molecule has 2 rings (SSSR count).